The summed E-state index contributed by atoms with van der Waals surface area (Å²) in [5.41, 5.74) is 3.12. The molecule has 0 aliphatic carbocycles. The Balaban J connectivity index is 1.41. The normalized spacial score (nSPS) is 19.1. The molecule has 154 valence electrons. The third-order valence-corrected chi connectivity index (χ3v) is 6.12. The predicted molar refractivity (Wildman–Crippen MR) is 117 cm³/mol. The van der Waals surface area contributed by atoms with Crippen molar-refractivity contribution in [3.63, 3.8) is 0 Å². The summed E-state index contributed by atoms with van der Waals surface area (Å²) in [6.45, 7) is 2.62. The zero-order valence-corrected chi connectivity index (χ0v) is 17.5. The van der Waals surface area contributed by atoms with Crippen LogP contribution in [0.5, 0.6) is 0 Å². The number of carbonyl (C=O) groups excluding carboxylic acids is 2. The molecular weight excluding hydrogens is 396 g/mol. The van der Waals surface area contributed by atoms with Crippen molar-refractivity contribution in [1.29, 1.82) is 0 Å². The van der Waals surface area contributed by atoms with E-state index in [9.17, 15) is 9.59 Å². The molecule has 1 aliphatic rings. The monoisotopic (exact) mass is 420 g/mol. The van der Waals surface area contributed by atoms with Crippen LogP contribution in [0, 0.1) is 5.92 Å². The van der Waals surface area contributed by atoms with Crippen molar-refractivity contribution in [2.45, 2.75) is 32.2 Å². The molecule has 0 unspecified atom stereocenters. The van der Waals surface area contributed by atoms with E-state index in [1.165, 1.54) is 0 Å². The maximum atomic E-state index is 13.0. The quantitative estimate of drug-likeness (QED) is 0.561. The number of nitrogens with zero attached hydrogens (tertiary/aromatic N) is 1. The molecule has 1 fully saturated rings. The first kappa shape index (κ1) is 20.2. The summed E-state index contributed by atoms with van der Waals surface area (Å²) in [4.78, 5) is 27.2. The molecule has 4 rings (SSSR count). The molecule has 1 N–H and O–H groups in total. The van der Waals surface area contributed by atoms with Crippen LogP contribution in [-0.2, 0) is 22.7 Å². The Morgan fingerprint density at radius 2 is 1.73 bits per heavy atom. The summed E-state index contributed by atoms with van der Waals surface area (Å²) >= 11 is 1.61. The Morgan fingerprint density at radius 1 is 1.07 bits per heavy atom. The smallest absolute Gasteiger partial charge is 0.407 e. The summed E-state index contributed by atoms with van der Waals surface area (Å²) in [5.74, 6) is -0.265. The molecule has 0 bridgehead atoms. The maximum Gasteiger partial charge on any atom is 0.407 e. The highest BCUT2D eigenvalue weighted by atomic mass is 32.1. The second-order valence-corrected chi connectivity index (χ2v) is 8.25. The first-order valence-corrected chi connectivity index (χ1v) is 10.9. The lowest BCUT2D eigenvalue weighted by Crippen LogP contribution is -2.61. The van der Waals surface area contributed by atoms with Crippen LogP contribution >= 0.6 is 11.3 Å². The molecule has 2 amide bonds. The van der Waals surface area contributed by atoms with Crippen LogP contribution in [0.25, 0.3) is 0 Å². The molecule has 1 aliphatic heterocycles. The number of nitrogens with one attached hydrogen (secondary N) is 1. The van der Waals surface area contributed by atoms with Gasteiger partial charge in [-0.25, -0.2) is 4.79 Å². The lowest BCUT2D eigenvalue weighted by atomic mass is 9.78. The van der Waals surface area contributed by atoms with Gasteiger partial charge in [-0.05, 0) is 40.4 Å². The molecular formula is C24H24N2O3S. The predicted octanol–water partition coefficient (Wildman–Crippen LogP) is 4.76. The highest BCUT2D eigenvalue weighted by Crippen LogP contribution is 2.43. The number of ether oxygens (including phenoxy) is 1. The van der Waals surface area contributed by atoms with Gasteiger partial charge >= 0.3 is 6.09 Å². The number of rotatable bonds is 7. The number of amides is 2. The average molecular weight is 421 g/mol. The van der Waals surface area contributed by atoms with E-state index in [2.05, 4.69) is 10.7 Å². The Hall–Kier alpha value is -3.12. The molecule has 0 radical (unpaired) electrons. The Kier molecular flexibility index (Phi) is 6.14. The topological polar surface area (TPSA) is 58.6 Å². The average Bonchev–Trinajstić information content (AvgIpc) is 3.29. The van der Waals surface area contributed by atoms with Gasteiger partial charge in [0.1, 0.15) is 6.61 Å². The van der Waals surface area contributed by atoms with Crippen molar-refractivity contribution >= 4 is 23.3 Å². The summed E-state index contributed by atoms with van der Waals surface area (Å²) in [6, 6.07) is 21.1. The number of likely N-dealkylation sites (tertiary alicyclic amines) is 1. The molecule has 2 heterocycles. The SMILES string of the molecule is C[C@H](NC(=O)OCc1ccccc1)[C@@H]1C(=O)N(Cc2ccccc2)[C@H]1c1ccsc1. The minimum absolute atomic E-state index is 0.0471. The third kappa shape index (κ3) is 4.39. The van der Waals surface area contributed by atoms with Gasteiger partial charge < -0.3 is 15.0 Å². The Labute approximate surface area is 180 Å². The van der Waals surface area contributed by atoms with Gasteiger partial charge in [0.2, 0.25) is 5.91 Å². The molecule has 1 aromatic heterocycles. The van der Waals surface area contributed by atoms with Crippen molar-refractivity contribution in [3.05, 3.63) is 94.2 Å². The summed E-state index contributed by atoms with van der Waals surface area (Å²) in [5, 5.41) is 6.94. The largest absolute Gasteiger partial charge is 0.445 e. The van der Waals surface area contributed by atoms with Crippen LogP contribution < -0.4 is 5.32 Å². The second-order valence-electron chi connectivity index (χ2n) is 7.47. The van der Waals surface area contributed by atoms with Crippen LogP contribution in [-0.4, -0.2) is 22.9 Å². The third-order valence-electron chi connectivity index (χ3n) is 5.42. The van der Waals surface area contributed by atoms with Crippen LogP contribution in [0.2, 0.25) is 0 Å². The van der Waals surface area contributed by atoms with Crippen molar-refractivity contribution in [1.82, 2.24) is 10.2 Å². The summed E-state index contributed by atoms with van der Waals surface area (Å²) < 4.78 is 5.33. The van der Waals surface area contributed by atoms with Gasteiger partial charge in [0.15, 0.2) is 0 Å². The van der Waals surface area contributed by atoms with Gasteiger partial charge in [-0.3, -0.25) is 4.79 Å². The standard InChI is InChI=1S/C24H24N2O3S/c1-17(25-24(28)29-15-19-10-6-3-7-11-19)21-22(20-12-13-30-16-20)26(23(21)27)14-18-8-4-2-5-9-18/h2-13,16-17,21-22H,14-15H2,1H3,(H,25,28)/t17-,21-,22-/m0/s1. The van der Waals surface area contributed by atoms with Crippen molar-refractivity contribution in [2.75, 3.05) is 0 Å². The van der Waals surface area contributed by atoms with E-state index >= 15 is 0 Å². The van der Waals surface area contributed by atoms with Gasteiger partial charge in [0.25, 0.3) is 0 Å². The lowest BCUT2D eigenvalue weighted by Gasteiger charge is -2.49. The first-order chi connectivity index (χ1) is 14.6. The van der Waals surface area contributed by atoms with Crippen LogP contribution in [0.3, 0.4) is 0 Å². The molecule has 2 aromatic carbocycles. The number of benzene rings is 2. The van der Waals surface area contributed by atoms with Crippen molar-refractivity contribution < 1.29 is 14.3 Å². The minimum Gasteiger partial charge on any atom is -0.445 e. The van der Waals surface area contributed by atoms with E-state index in [0.717, 1.165) is 16.7 Å². The van der Waals surface area contributed by atoms with Crippen molar-refractivity contribution in [3.8, 4) is 0 Å². The molecule has 30 heavy (non-hydrogen) atoms. The Morgan fingerprint density at radius 3 is 2.37 bits per heavy atom. The van der Waals surface area contributed by atoms with E-state index in [-0.39, 0.29) is 30.5 Å². The molecule has 5 nitrogen and oxygen atoms in total. The van der Waals surface area contributed by atoms with Crippen LogP contribution in [0.4, 0.5) is 4.79 Å². The number of alkyl carbamates (subject to hydrolysis) is 1. The first-order valence-electron chi connectivity index (χ1n) is 9.97. The van der Waals surface area contributed by atoms with E-state index in [1.807, 2.05) is 83.9 Å². The molecule has 3 aromatic rings. The van der Waals surface area contributed by atoms with Crippen LogP contribution in [0.15, 0.2) is 77.5 Å². The number of carbonyl (C=O) groups is 2. The molecule has 6 heteroatoms. The minimum atomic E-state index is -0.510. The van der Waals surface area contributed by atoms with E-state index in [1.54, 1.807) is 11.3 Å². The van der Waals surface area contributed by atoms with E-state index in [4.69, 9.17) is 4.74 Å². The van der Waals surface area contributed by atoms with Gasteiger partial charge in [-0.2, -0.15) is 11.3 Å². The molecule has 0 spiro atoms. The van der Waals surface area contributed by atoms with Gasteiger partial charge in [0.05, 0.1) is 12.0 Å². The lowest BCUT2D eigenvalue weighted by molar-refractivity contribution is -0.160. The molecule has 1 saturated heterocycles. The number of hydrogen-bond donors (Lipinski definition) is 1. The number of hydrogen-bond acceptors (Lipinski definition) is 4. The van der Waals surface area contributed by atoms with Gasteiger partial charge in [-0.1, -0.05) is 60.7 Å². The fourth-order valence-electron chi connectivity index (χ4n) is 3.89. The number of β-lactam (4-membered cyclic amide) rings is 1. The summed E-state index contributed by atoms with van der Waals surface area (Å²) in [7, 11) is 0. The van der Waals surface area contributed by atoms with E-state index in [0.29, 0.717) is 6.54 Å². The van der Waals surface area contributed by atoms with Crippen molar-refractivity contribution in [2.24, 2.45) is 5.92 Å². The maximum absolute atomic E-state index is 13.0. The Bertz CT molecular complexity index is 976. The van der Waals surface area contributed by atoms with Gasteiger partial charge in [-0.15, -0.1) is 0 Å². The number of thiophene rings is 1. The highest BCUT2D eigenvalue weighted by Gasteiger charge is 2.51. The fourth-order valence-corrected chi connectivity index (χ4v) is 4.58. The van der Waals surface area contributed by atoms with Gasteiger partial charge in [0, 0.05) is 12.6 Å². The van der Waals surface area contributed by atoms with E-state index < -0.39 is 6.09 Å². The fraction of sp³-hybridized carbons (Fsp3) is 0.250. The zero-order valence-electron chi connectivity index (χ0n) is 16.7. The summed E-state index contributed by atoms with van der Waals surface area (Å²) in [6.07, 6.45) is -0.510. The zero-order chi connectivity index (χ0) is 20.9. The molecule has 3 atom stereocenters. The molecule has 0 saturated carbocycles. The van der Waals surface area contributed by atoms with Crippen LogP contribution in [0.1, 0.15) is 29.7 Å². The highest BCUT2D eigenvalue weighted by molar-refractivity contribution is 7.08. The second kappa shape index (κ2) is 9.13.